The number of anilines is 1. The molecule has 4 nitrogen and oxygen atoms in total. The lowest BCUT2D eigenvalue weighted by Crippen LogP contribution is -2.37. The molecule has 0 spiro atoms. The van der Waals surface area contributed by atoms with Gasteiger partial charge in [-0.25, -0.2) is 0 Å². The minimum atomic E-state index is -0.00407. The summed E-state index contributed by atoms with van der Waals surface area (Å²) in [5, 5.41) is 11.6. The molecule has 1 aromatic carbocycles. The van der Waals surface area contributed by atoms with Crippen molar-refractivity contribution in [1.29, 1.82) is 5.26 Å². The largest absolute Gasteiger partial charge is 0.362 e. The van der Waals surface area contributed by atoms with E-state index in [4.69, 9.17) is 5.26 Å². The zero-order valence-electron chi connectivity index (χ0n) is 10.5. The van der Waals surface area contributed by atoms with E-state index in [0.29, 0.717) is 18.7 Å². The smallest absolute Gasteiger partial charge is 0.239 e. The zero-order valence-corrected chi connectivity index (χ0v) is 12.1. The van der Waals surface area contributed by atoms with E-state index in [2.05, 4.69) is 27.3 Å². The van der Waals surface area contributed by atoms with Crippen LogP contribution in [0.4, 0.5) is 5.69 Å². The van der Waals surface area contributed by atoms with Crippen molar-refractivity contribution in [3.05, 3.63) is 28.2 Å². The van der Waals surface area contributed by atoms with Crippen LogP contribution in [0.3, 0.4) is 0 Å². The van der Waals surface area contributed by atoms with Crippen LogP contribution in [0.25, 0.3) is 0 Å². The molecule has 0 aromatic heterocycles. The summed E-state index contributed by atoms with van der Waals surface area (Å²) < 4.78 is 0.827. The van der Waals surface area contributed by atoms with Gasteiger partial charge in [0.1, 0.15) is 0 Å². The molecule has 0 aliphatic carbocycles. The molecule has 1 N–H and O–H groups in total. The third-order valence-electron chi connectivity index (χ3n) is 2.51. The van der Waals surface area contributed by atoms with Crippen LogP contribution in [-0.4, -0.2) is 25.5 Å². The van der Waals surface area contributed by atoms with Crippen LogP contribution < -0.4 is 10.2 Å². The van der Waals surface area contributed by atoms with Gasteiger partial charge in [-0.2, -0.15) is 5.26 Å². The van der Waals surface area contributed by atoms with Crippen molar-refractivity contribution in [3.8, 4) is 6.07 Å². The van der Waals surface area contributed by atoms with E-state index >= 15 is 0 Å². The fraction of sp³-hybridized carbons (Fsp3) is 0.385. The van der Waals surface area contributed by atoms with Crippen LogP contribution in [0.15, 0.2) is 22.7 Å². The quantitative estimate of drug-likeness (QED) is 0.908. The Labute approximate surface area is 116 Å². The molecule has 0 heterocycles. The van der Waals surface area contributed by atoms with Crippen molar-refractivity contribution in [1.82, 2.24) is 5.32 Å². The molecule has 5 heteroatoms. The standard InChI is InChI=1S/C13H16BrN3O/c1-3-16-13(18)9-17(4-2)12-6-5-10(8-15)7-11(12)14/h5-7H,3-4,9H2,1-2H3,(H,16,18). The number of nitrogens with one attached hydrogen (secondary N) is 1. The number of hydrogen-bond donors (Lipinski definition) is 1. The molecule has 0 radical (unpaired) electrons. The Morgan fingerprint density at radius 2 is 2.22 bits per heavy atom. The van der Waals surface area contributed by atoms with Crippen molar-refractivity contribution in [2.75, 3.05) is 24.5 Å². The maximum Gasteiger partial charge on any atom is 0.239 e. The molecule has 0 saturated carbocycles. The van der Waals surface area contributed by atoms with Gasteiger partial charge in [-0.15, -0.1) is 0 Å². The number of halogens is 1. The number of likely N-dealkylation sites (N-methyl/N-ethyl adjacent to an activating group) is 2. The van der Waals surface area contributed by atoms with Gasteiger partial charge in [-0.1, -0.05) is 0 Å². The second kappa shape index (κ2) is 7.02. The van der Waals surface area contributed by atoms with Crippen LogP contribution >= 0.6 is 15.9 Å². The monoisotopic (exact) mass is 309 g/mol. The summed E-state index contributed by atoms with van der Waals surface area (Å²) in [6.45, 7) is 5.55. The number of hydrogen-bond acceptors (Lipinski definition) is 3. The first kappa shape index (κ1) is 14.5. The average Bonchev–Trinajstić information content (AvgIpc) is 2.36. The molecule has 1 rings (SSSR count). The van der Waals surface area contributed by atoms with E-state index in [-0.39, 0.29) is 5.91 Å². The maximum atomic E-state index is 11.6. The summed E-state index contributed by atoms with van der Waals surface area (Å²) in [6.07, 6.45) is 0. The highest BCUT2D eigenvalue weighted by Crippen LogP contribution is 2.27. The van der Waals surface area contributed by atoms with E-state index in [1.54, 1.807) is 12.1 Å². The van der Waals surface area contributed by atoms with Gasteiger partial charge in [-0.3, -0.25) is 4.79 Å². The van der Waals surface area contributed by atoms with E-state index < -0.39 is 0 Å². The maximum absolute atomic E-state index is 11.6. The van der Waals surface area contributed by atoms with Crippen molar-refractivity contribution in [2.45, 2.75) is 13.8 Å². The fourth-order valence-electron chi connectivity index (χ4n) is 1.63. The normalized spacial score (nSPS) is 9.67. The Hall–Kier alpha value is -1.54. The number of benzene rings is 1. The topological polar surface area (TPSA) is 56.1 Å². The van der Waals surface area contributed by atoms with Crippen LogP contribution in [0.5, 0.6) is 0 Å². The first-order chi connectivity index (χ1) is 8.62. The SMILES string of the molecule is CCNC(=O)CN(CC)c1ccc(C#N)cc1Br. The molecule has 18 heavy (non-hydrogen) atoms. The third kappa shape index (κ3) is 3.74. The lowest BCUT2D eigenvalue weighted by atomic mass is 10.2. The van der Waals surface area contributed by atoms with Gasteiger partial charge in [0, 0.05) is 17.6 Å². The molecule has 0 bridgehead atoms. The number of nitrogens with zero attached hydrogens (tertiary/aromatic N) is 2. The van der Waals surface area contributed by atoms with Gasteiger partial charge < -0.3 is 10.2 Å². The Bertz CT molecular complexity index is 468. The van der Waals surface area contributed by atoms with E-state index in [9.17, 15) is 4.79 Å². The molecule has 0 aliphatic rings. The highest BCUT2D eigenvalue weighted by Gasteiger charge is 2.12. The number of amides is 1. The molecule has 1 amide bonds. The zero-order chi connectivity index (χ0) is 13.5. The highest BCUT2D eigenvalue weighted by molar-refractivity contribution is 9.10. The summed E-state index contributed by atoms with van der Waals surface area (Å²) in [5.41, 5.74) is 1.52. The van der Waals surface area contributed by atoms with Crippen LogP contribution in [0, 0.1) is 11.3 Å². The number of rotatable bonds is 5. The van der Waals surface area contributed by atoms with E-state index in [0.717, 1.165) is 16.7 Å². The fourth-order valence-corrected chi connectivity index (χ4v) is 2.26. The van der Waals surface area contributed by atoms with Crippen LogP contribution in [-0.2, 0) is 4.79 Å². The number of nitriles is 1. The molecule has 0 fully saturated rings. The van der Waals surface area contributed by atoms with Crippen LogP contribution in [0.2, 0.25) is 0 Å². The van der Waals surface area contributed by atoms with Gasteiger partial charge >= 0.3 is 0 Å². The lowest BCUT2D eigenvalue weighted by molar-refractivity contribution is -0.119. The molecule has 1 aromatic rings. The summed E-state index contributed by atoms with van der Waals surface area (Å²) >= 11 is 3.43. The first-order valence-corrected chi connectivity index (χ1v) is 6.63. The second-order valence-electron chi connectivity index (χ2n) is 3.75. The van der Waals surface area contributed by atoms with Crippen molar-refractivity contribution >= 4 is 27.5 Å². The number of carbonyl (C=O) groups is 1. The highest BCUT2D eigenvalue weighted by atomic mass is 79.9. The molecule has 96 valence electrons. The Balaban J connectivity index is 2.89. The average molecular weight is 310 g/mol. The predicted octanol–water partition coefficient (Wildman–Crippen LogP) is 2.28. The third-order valence-corrected chi connectivity index (χ3v) is 3.14. The lowest BCUT2D eigenvalue weighted by Gasteiger charge is -2.23. The Kier molecular flexibility index (Phi) is 5.66. The predicted molar refractivity (Wildman–Crippen MR) is 75.4 cm³/mol. The number of carbonyl (C=O) groups excluding carboxylic acids is 1. The van der Waals surface area contributed by atoms with Crippen molar-refractivity contribution in [3.63, 3.8) is 0 Å². The first-order valence-electron chi connectivity index (χ1n) is 5.83. The van der Waals surface area contributed by atoms with Crippen LogP contribution in [0.1, 0.15) is 19.4 Å². The Morgan fingerprint density at radius 3 is 2.72 bits per heavy atom. The summed E-state index contributed by atoms with van der Waals surface area (Å²) in [4.78, 5) is 13.6. The molecule has 0 aliphatic heterocycles. The van der Waals surface area contributed by atoms with Crippen molar-refractivity contribution in [2.24, 2.45) is 0 Å². The van der Waals surface area contributed by atoms with E-state index in [1.807, 2.05) is 24.8 Å². The summed E-state index contributed by atoms with van der Waals surface area (Å²) in [7, 11) is 0. The summed E-state index contributed by atoms with van der Waals surface area (Å²) in [6, 6.07) is 7.45. The molecule has 0 saturated heterocycles. The van der Waals surface area contributed by atoms with Gasteiger partial charge in [0.05, 0.1) is 23.9 Å². The molecule has 0 unspecified atom stereocenters. The van der Waals surface area contributed by atoms with Gasteiger partial charge in [0.15, 0.2) is 0 Å². The van der Waals surface area contributed by atoms with Crippen molar-refractivity contribution < 1.29 is 4.79 Å². The minimum Gasteiger partial charge on any atom is -0.362 e. The molecular weight excluding hydrogens is 294 g/mol. The molecular formula is C13H16BrN3O. The van der Waals surface area contributed by atoms with E-state index in [1.165, 1.54) is 0 Å². The molecule has 0 atom stereocenters. The van der Waals surface area contributed by atoms with Gasteiger partial charge in [-0.05, 0) is 48.0 Å². The van der Waals surface area contributed by atoms with Gasteiger partial charge in [0.25, 0.3) is 0 Å². The Morgan fingerprint density at radius 1 is 1.50 bits per heavy atom. The second-order valence-corrected chi connectivity index (χ2v) is 4.60. The summed E-state index contributed by atoms with van der Waals surface area (Å²) in [5.74, 6) is -0.00407. The minimum absolute atomic E-state index is 0.00407. The van der Waals surface area contributed by atoms with Gasteiger partial charge in [0.2, 0.25) is 5.91 Å².